The minimum absolute atomic E-state index is 0.0162. The quantitative estimate of drug-likeness (QED) is 0.678. The fourth-order valence-electron chi connectivity index (χ4n) is 5.36. The predicted octanol–water partition coefficient (Wildman–Crippen LogP) is 3.16. The highest BCUT2D eigenvalue weighted by atomic mass is 19.3. The zero-order chi connectivity index (χ0) is 21.5. The van der Waals surface area contributed by atoms with Crippen LogP contribution in [0, 0.1) is 5.92 Å². The van der Waals surface area contributed by atoms with E-state index < -0.39 is 17.9 Å². The molecule has 0 unspecified atom stereocenters. The van der Waals surface area contributed by atoms with Crippen LogP contribution in [0.1, 0.15) is 82.1 Å². The summed E-state index contributed by atoms with van der Waals surface area (Å²) in [6, 6.07) is -0.161. The Labute approximate surface area is 176 Å². The molecule has 0 spiro atoms. The average molecular weight is 425 g/mol. The highest BCUT2D eigenvalue weighted by Crippen LogP contribution is 2.41. The van der Waals surface area contributed by atoms with Gasteiger partial charge in [0.1, 0.15) is 5.82 Å². The normalized spacial score (nSPS) is 32.3. The van der Waals surface area contributed by atoms with Crippen LogP contribution in [0.4, 0.5) is 8.78 Å². The number of likely N-dealkylation sites (tertiary alicyclic amines) is 1. The van der Waals surface area contributed by atoms with Crippen LogP contribution < -0.4 is 5.32 Å². The number of nitrogens with one attached hydrogen (secondary N) is 2. The predicted molar refractivity (Wildman–Crippen MR) is 109 cm³/mol. The number of alkyl halides is 2. The third-order valence-electron chi connectivity index (χ3n) is 7.14. The molecule has 4 rings (SSSR count). The molecule has 6 nitrogen and oxygen atoms in total. The summed E-state index contributed by atoms with van der Waals surface area (Å²) in [7, 11) is 0. The van der Waals surface area contributed by atoms with Gasteiger partial charge in [-0.15, -0.1) is 0 Å². The van der Waals surface area contributed by atoms with Crippen LogP contribution in [0.25, 0.3) is 0 Å². The molecule has 8 heteroatoms. The minimum atomic E-state index is -2.57. The topological polar surface area (TPSA) is 81.2 Å². The molecule has 2 saturated carbocycles. The van der Waals surface area contributed by atoms with Crippen molar-refractivity contribution in [1.29, 1.82) is 0 Å². The lowest BCUT2D eigenvalue weighted by Gasteiger charge is -2.33. The molecule has 3 aliphatic rings. The molecule has 0 radical (unpaired) electrons. The van der Waals surface area contributed by atoms with Crippen molar-refractivity contribution in [2.24, 2.45) is 5.92 Å². The second-order valence-corrected chi connectivity index (χ2v) is 9.67. The maximum absolute atomic E-state index is 13.6. The molecule has 2 heterocycles. The number of hydrogen-bond acceptors (Lipinski definition) is 4. The summed E-state index contributed by atoms with van der Waals surface area (Å²) < 4.78 is 27.2. The van der Waals surface area contributed by atoms with Crippen molar-refractivity contribution >= 4 is 5.91 Å². The lowest BCUT2D eigenvalue weighted by Crippen LogP contribution is -2.44. The Bertz CT molecular complexity index is 737. The van der Waals surface area contributed by atoms with E-state index in [1.165, 1.54) is 0 Å². The molecular weight excluding hydrogens is 390 g/mol. The highest BCUT2D eigenvalue weighted by molar-refractivity contribution is 5.80. The molecule has 3 N–H and O–H groups in total. The molecule has 4 atom stereocenters. The second-order valence-electron chi connectivity index (χ2n) is 9.67. The molecule has 1 aromatic heterocycles. The van der Waals surface area contributed by atoms with Crippen molar-refractivity contribution in [3.05, 3.63) is 17.7 Å². The van der Waals surface area contributed by atoms with E-state index in [-0.39, 0.29) is 42.7 Å². The first-order valence-corrected chi connectivity index (χ1v) is 11.4. The lowest BCUT2D eigenvalue weighted by atomic mass is 9.90. The molecule has 30 heavy (non-hydrogen) atoms. The van der Waals surface area contributed by atoms with Crippen LogP contribution in [0.15, 0.2) is 6.20 Å². The molecule has 1 saturated heterocycles. The van der Waals surface area contributed by atoms with E-state index in [2.05, 4.69) is 15.3 Å². The molecule has 168 valence electrons. The zero-order valence-electron chi connectivity index (χ0n) is 17.9. The molecule has 0 aromatic carbocycles. The van der Waals surface area contributed by atoms with Gasteiger partial charge >= 0.3 is 0 Å². The van der Waals surface area contributed by atoms with E-state index >= 15 is 0 Å². The number of aromatic nitrogens is 2. The Balaban J connectivity index is 1.53. The van der Waals surface area contributed by atoms with Gasteiger partial charge in [-0.2, -0.15) is 0 Å². The molecule has 3 fully saturated rings. The van der Waals surface area contributed by atoms with Crippen LogP contribution in [-0.2, 0) is 4.79 Å². The van der Waals surface area contributed by atoms with Crippen molar-refractivity contribution in [3.63, 3.8) is 0 Å². The van der Waals surface area contributed by atoms with E-state index in [4.69, 9.17) is 0 Å². The first kappa shape index (κ1) is 21.7. The summed E-state index contributed by atoms with van der Waals surface area (Å²) in [4.78, 5) is 22.7. The first-order chi connectivity index (χ1) is 14.2. The van der Waals surface area contributed by atoms with E-state index in [1.54, 1.807) is 6.20 Å². The maximum atomic E-state index is 13.6. The molecule has 0 bridgehead atoms. The number of aromatic amines is 1. The Hall–Kier alpha value is -1.54. The number of hydrogen-bond donors (Lipinski definition) is 3. The third kappa shape index (κ3) is 4.40. The number of nitrogens with zero attached hydrogens (tertiary/aromatic N) is 2. The smallest absolute Gasteiger partial charge is 0.248 e. The minimum Gasteiger partial charge on any atom is -0.392 e. The van der Waals surface area contributed by atoms with Gasteiger partial charge in [-0.05, 0) is 32.1 Å². The SMILES string of the molecule is CC(C)c1ncc([C@@H]2[C@H](O)[C@@H](C(=O)N3CCCC3)C[C@H]2NC2CCC(F)(F)CC2)[nH]1. The van der Waals surface area contributed by atoms with Crippen molar-refractivity contribution in [2.45, 2.75) is 94.7 Å². The van der Waals surface area contributed by atoms with Crippen LogP contribution >= 0.6 is 0 Å². The molecule has 1 amide bonds. The first-order valence-electron chi connectivity index (χ1n) is 11.4. The second kappa shape index (κ2) is 8.54. The fourth-order valence-corrected chi connectivity index (χ4v) is 5.36. The number of halogens is 2. The highest BCUT2D eigenvalue weighted by Gasteiger charge is 2.49. The largest absolute Gasteiger partial charge is 0.392 e. The molecule has 2 aliphatic carbocycles. The summed E-state index contributed by atoms with van der Waals surface area (Å²) in [5, 5.41) is 14.7. The Morgan fingerprint density at radius 3 is 2.57 bits per heavy atom. The number of carbonyl (C=O) groups excluding carboxylic acids is 1. The van der Waals surface area contributed by atoms with Gasteiger partial charge in [0, 0.05) is 61.7 Å². The van der Waals surface area contributed by atoms with E-state index in [9.17, 15) is 18.7 Å². The number of aliphatic hydroxyl groups excluding tert-OH is 1. The van der Waals surface area contributed by atoms with Gasteiger partial charge in [0.2, 0.25) is 11.8 Å². The van der Waals surface area contributed by atoms with E-state index in [1.807, 2.05) is 18.7 Å². The molecular formula is C22H34F2N4O2. The summed E-state index contributed by atoms with van der Waals surface area (Å²) in [5.74, 6) is -2.25. The summed E-state index contributed by atoms with van der Waals surface area (Å²) >= 11 is 0. The van der Waals surface area contributed by atoms with Crippen LogP contribution in [0.2, 0.25) is 0 Å². The van der Waals surface area contributed by atoms with Gasteiger partial charge < -0.3 is 20.3 Å². The van der Waals surface area contributed by atoms with Gasteiger partial charge in [-0.1, -0.05) is 13.8 Å². The summed E-state index contributed by atoms with van der Waals surface area (Å²) in [6.45, 7) is 5.60. The van der Waals surface area contributed by atoms with Crippen LogP contribution in [-0.4, -0.2) is 63.1 Å². The van der Waals surface area contributed by atoms with Gasteiger partial charge in [0.25, 0.3) is 0 Å². The fraction of sp³-hybridized carbons (Fsp3) is 0.818. The van der Waals surface area contributed by atoms with Gasteiger partial charge in [-0.3, -0.25) is 4.79 Å². The Morgan fingerprint density at radius 1 is 1.30 bits per heavy atom. The van der Waals surface area contributed by atoms with E-state index in [0.717, 1.165) is 37.4 Å². The number of imidazole rings is 1. The zero-order valence-corrected chi connectivity index (χ0v) is 17.9. The molecule has 1 aliphatic heterocycles. The Morgan fingerprint density at radius 2 is 1.97 bits per heavy atom. The number of rotatable bonds is 5. The molecule has 1 aromatic rings. The number of carbonyl (C=O) groups is 1. The van der Waals surface area contributed by atoms with Gasteiger partial charge in [0.05, 0.1) is 12.0 Å². The summed E-state index contributed by atoms with van der Waals surface area (Å²) in [5.41, 5.74) is 0.821. The number of amides is 1. The maximum Gasteiger partial charge on any atom is 0.248 e. The number of H-pyrrole nitrogens is 1. The van der Waals surface area contributed by atoms with Crippen molar-refractivity contribution in [2.75, 3.05) is 13.1 Å². The van der Waals surface area contributed by atoms with Gasteiger partial charge in [-0.25, -0.2) is 13.8 Å². The summed E-state index contributed by atoms with van der Waals surface area (Å²) in [6.07, 6.45) is 4.09. The van der Waals surface area contributed by atoms with Crippen molar-refractivity contribution < 1.29 is 18.7 Å². The van der Waals surface area contributed by atoms with Crippen LogP contribution in [0.3, 0.4) is 0 Å². The van der Waals surface area contributed by atoms with E-state index in [0.29, 0.717) is 19.3 Å². The monoisotopic (exact) mass is 424 g/mol. The third-order valence-corrected chi connectivity index (χ3v) is 7.14. The van der Waals surface area contributed by atoms with Crippen LogP contribution in [0.5, 0.6) is 0 Å². The number of aliphatic hydroxyl groups is 1. The van der Waals surface area contributed by atoms with Crippen molar-refractivity contribution in [3.8, 4) is 0 Å². The van der Waals surface area contributed by atoms with Crippen molar-refractivity contribution in [1.82, 2.24) is 20.2 Å². The Kier molecular flexibility index (Phi) is 6.17. The van der Waals surface area contributed by atoms with Gasteiger partial charge in [0.15, 0.2) is 0 Å². The average Bonchev–Trinajstić information content (AvgIpc) is 3.43. The lowest BCUT2D eigenvalue weighted by molar-refractivity contribution is -0.137. The standard InChI is InChI=1S/C22H34F2N4O2/c1-13(2)20-25-12-17(27-20)18-16(26-14-5-7-22(23,24)8-6-14)11-15(19(18)29)21(30)28-9-3-4-10-28/h12-16,18-19,26,29H,3-11H2,1-2H3,(H,25,27)/t15-,16+,18+,19+/m0/s1.